The first kappa shape index (κ1) is 16.8. The highest BCUT2D eigenvalue weighted by Crippen LogP contribution is 2.21. The van der Waals surface area contributed by atoms with Crippen molar-refractivity contribution in [1.82, 2.24) is 15.2 Å². The van der Waals surface area contributed by atoms with E-state index in [1.54, 1.807) is 6.07 Å². The third-order valence-electron chi connectivity index (χ3n) is 5.09. The van der Waals surface area contributed by atoms with Crippen LogP contribution in [-0.2, 0) is 6.42 Å². The van der Waals surface area contributed by atoms with Crippen molar-refractivity contribution < 1.29 is 9.18 Å². The summed E-state index contributed by atoms with van der Waals surface area (Å²) in [4.78, 5) is 17.3. The fraction of sp³-hybridized carbons (Fsp3) is 0.526. The lowest BCUT2D eigenvalue weighted by atomic mass is 10.1. The van der Waals surface area contributed by atoms with E-state index in [0.717, 1.165) is 35.7 Å². The van der Waals surface area contributed by atoms with Gasteiger partial charge >= 0.3 is 6.03 Å². The number of urea groups is 1. The minimum absolute atomic E-state index is 0.00721. The van der Waals surface area contributed by atoms with Crippen molar-refractivity contribution >= 4 is 16.9 Å². The van der Waals surface area contributed by atoms with Gasteiger partial charge in [0.1, 0.15) is 5.82 Å². The molecule has 4 nitrogen and oxygen atoms in total. The molecule has 2 N–H and O–H groups in total. The van der Waals surface area contributed by atoms with Crippen LogP contribution >= 0.6 is 0 Å². The standard InChI is InChI=1S/C19H26FN3O/c1-23(16-6-4-2-3-5-7-16)19(24)21-11-10-14-13-22-18-12-15(20)8-9-17(14)18/h8-9,12-13,16,22H,2-7,10-11H2,1H3,(H,21,24). The number of aromatic amines is 1. The predicted octanol–water partition coefficient (Wildman–Crippen LogP) is 4.21. The zero-order valence-electron chi connectivity index (χ0n) is 14.3. The van der Waals surface area contributed by atoms with Gasteiger partial charge in [-0.05, 0) is 43.0 Å². The number of hydrogen-bond donors (Lipinski definition) is 2. The number of benzene rings is 1. The van der Waals surface area contributed by atoms with Crippen LogP contribution in [0.1, 0.15) is 44.1 Å². The molecular weight excluding hydrogens is 305 g/mol. The van der Waals surface area contributed by atoms with Gasteiger partial charge in [-0.2, -0.15) is 0 Å². The molecule has 1 fully saturated rings. The zero-order chi connectivity index (χ0) is 16.9. The Kier molecular flexibility index (Phi) is 5.38. The van der Waals surface area contributed by atoms with Crippen molar-refractivity contribution in [3.63, 3.8) is 0 Å². The summed E-state index contributed by atoms with van der Waals surface area (Å²) >= 11 is 0. The number of aromatic nitrogens is 1. The van der Waals surface area contributed by atoms with Crippen LogP contribution in [0.2, 0.25) is 0 Å². The lowest BCUT2D eigenvalue weighted by Crippen LogP contribution is -2.44. The Morgan fingerprint density at radius 3 is 2.79 bits per heavy atom. The molecule has 0 bridgehead atoms. The van der Waals surface area contributed by atoms with Crippen molar-refractivity contribution in [1.29, 1.82) is 0 Å². The molecule has 1 saturated carbocycles. The molecule has 1 aliphatic carbocycles. The Morgan fingerprint density at radius 1 is 1.29 bits per heavy atom. The fourth-order valence-electron chi connectivity index (χ4n) is 3.61. The summed E-state index contributed by atoms with van der Waals surface area (Å²) in [6, 6.07) is 5.13. The van der Waals surface area contributed by atoms with Gasteiger partial charge in [-0.3, -0.25) is 0 Å². The highest BCUT2D eigenvalue weighted by Gasteiger charge is 2.20. The molecule has 2 aromatic rings. The minimum atomic E-state index is -0.241. The van der Waals surface area contributed by atoms with Gasteiger partial charge in [0.25, 0.3) is 0 Å². The molecule has 5 heteroatoms. The highest BCUT2D eigenvalue weighted by molar-refractivity contribution is 5.83. The number of amides is 2. The van der Waals surface area contributed by atoms with Crippen LogP contribution in [0.4, 0.5) is 9.18 Å². The van der Waals surface area contributed by atoms with Gasteiger partial charge in [-0.1, -0.05) is 25.7 Å². The number of nitrogens with zero attached hydrogens (tertiary/aromatic N) is 1. The maximum atomic E-state index is 13.2. The van der Waals surface area contributed by atoms with Crippen LogP contribution in [-0.4, -0.2) is 35.5 Å². The first-order valence-corrected chi connectivity index (χ1v) is 8.91. The summed E-state index contributed by atoms with van der Waals surface area (Å²) in [5.74, 6) is -0.241. The molecule has 0 aliphatic heterocycles. The molecule has 130 valence electrons. The maximum absolute atomic E-state index is 13.2. The summed E-state index contributed by atoms with van der Waals surface area (Å²) in [7, 11) is 1.90. The number of rotatable bonds is 4. The monoisotopic (exact) mass is 331 g/mol. The van der Waals surface area contributed by atoms with Crippen molar-refractivity contribution in [3.8, 4) is 0 Å². The molecule has 2 amide bonds. The van der Waals surface area contributed by atoms with Gasteiger partial charge in [0, 0.05) is 36.7 Å². The van der Waals surface area contributed by atoms with E-state index in [1.165, 1.54) is 37.8 Å². The Bertz CT molecular complexity index is 689. The average molecular weight is 331 g/mol. The maximum Gasteiger partial charge on any atom is 0.317 e. The topological polar surface area (TPSA) is 48.1 Å². The Labute approximate surface area is 142 Å². The lowest BCUT2D eigenvalue weighted by Gasteiger charge is -2.27. The number of fused-ring (bicyclic) bond motifs is 1. The zero-order valence-corrected chi connectivity index (χ0v) is 14.3. The molecule has 1 heterocycles. The second kappa shape index (κ2) is 7.69. The van der Waals surface area contributed by atoms with Gasteiger partial charge < -0.3 is 15.2 Å². The second-order valence-corrected chi connectivity index (χ2v) is 6.74. The Balaban J connectivity index is 1.52. The first-order chi connectivity index (χ1) is 11.6. The summed E-state index contributed by atoms with van der Waals surface area (Å²) in [5, 5.41) is 4.03. The summed E-state index contributed by atoms with van der Waals surface area (Å²) < 4.78 is 13.2. The van der Waals surface area contributed by atoms with Gasteiger partial charge in [-0.15, -0.1) is 0 Å². The lowest BCUT2D eigenvalue weighted by molar-refractivity contribution is 0.184. The molecule has 1 aromatic carbocycles. The molecular formula is C19H26FN3O. The normalized spacial score (nSPS) is 16.1. The molecule has 1 aromatic heterocycles. The molecule has 0 atom stereocenters. The number of H-pyrrole nitrogens is 1. The van der Waals surface area contributed by atoms with E-state index in [0.29, 0.717) is 12.6 Å². The van der Waals surface area contributed by atoms with Crippen molar-refractivity contribution in [3.05, 3.63) is 35.8 Å². The van der Waals surface area contributed by atoms with Gasteiger partial charge in [-0.25, -0.2) is 9.18 Å². The van der Waals surface area contributed by atoms with Crippen LogP contribution in [0.5, 0.6) is 0 Å². The molecule has 0 radical (unpaired) electrons. The van der Waals surface area contributed by atoms with Gasteiger partial charge in [0.15, 0.2) is 0 Å². The number of nitrogens with one attached hydrogen (secondary N) is 2. The SMILES string of the molecule is CN(C(=O)NCCc1c[nH]c2cc(F)ccc12)C1CCCCCC1. The van der Waals surface area contributed by atoms with E-state index in [2.05, 4.69) is 10.3 Å². The smallest absolute Gasteiger partial charge is 0.317 e. The van der Waals surface area contributed by atoms with Crippen LogP contribution in [0, 0.1) is 5.82 Å². The molecule has 0 saturated heterocycles. The number of hydrogen-bond acceptors (Lipinski definition) is 1. The fourth-order valence-corrected chi connectivity index (χ4v) is 3.61. The highest BCUT2D eigenvalue weighted by atomic mass is 19.1. The van der Waals surface area contributed by atoms with E-state index in [1.807, 2.05) is 18.1 Å². The van der Waals surface area contributed by atoms with E-state index < -0.39 is 0 Å². The van der Waals surface area contributed by atoms with Crippen molar-refractivity contribution in [2.75, 3.05) is 13.6 Å². The van der Waals surface area contributed by atoms with Gasteiger partial charge in [0.2, 0.25) is 0 Å². The Hall–Kier alpha value is -2.04. The van der Waals surface area contributed by atoms with Crippen molar-refractivity contribution in [2.24, 2.45) is 0 Å². The number of carbonyl (C=O) groups excluding carboxylic acids is 1. The summed E-state index contributed by atoms with van der Waals surface area (Å²) in [6.45, 7) is 0.584. The van der Waals surface area contributed by atoms with Crippen LogP contribution in [0.15, 0.2) is 24.4 Å². The third kappa shape index (κ3) is 3.89. The van der Waals surface area contributed by atoms with E-state index in [4.69, 9.17) is 0 Å². The minimum Gasteiger partial charge on any atom is -0.361 e. The molecule has 0 unspecified atom stereocenters. The summed E-state index contributed by atoms with van der Waals surface area (Å²) in [6.07, 6.45) is 9.85. The van der Waals surface area contributed by atoms with Crippen LogP contribution < -0.4 is 5.32 Å². The van der Waals surface area contributed by atoms with Crippen LogP contribution in [0.25, 0.3) is 10.9 Å². The van der Waals surface area contributed by atoms with E-state index >= 15 is 0 Å². The molecule has 24 heavy (non-hydrogen) atoms. The second-order valence-electron chi connectivity index (χ2n) is 6.74. The van der Waals surface area contributed by atoms with Gasteiger partial charge in [0.05, 0.1) is 0 Å². The number of halogens is 1. The molecule has 0 spiro atoms. The van der Waals surface area contributed by atoms with Crippen molar-refractivity contribution in [2.45, 2.75) is 51.0 Å². The quantitative estimate of drug-likeness (QED) is 0.810. The predicted molar refractivity (Wildman–Crippen MR) is 94.6 cm³/mol. The van der Waals surface area contributed by atoms with Crippen LogP contribution in [0.3, 0.4) is 0 Å². The average Bonchev–Trinajstić information content (AvgIpc) is 2.80. The summed E-state index contributed by atoms with van der Waals surface area (Å²) in [5.41, 5.74) is 1.90. The largest absolute Gasteiger partial charge is 0.361 e. The first-order valence-electron chi connectivity index (χ1n) is 8.91. The number of carbonyl (C=O) groups is 1. The molecule has 1 aliphatic rings. The molecule has 3 rings (SSSR count). The Morgan fingerprint density at radius 2 is 2.04 bits per heavy atom. The van der Waals surface area contributed by atoms with E-state index in [9.17, 15) is 9.18 Å². The van der Waals surface area contributed by atoms with E-state index in [-0.39, 0.29) is 11.8 Å². The third-order valence-corrected chi connectivity index (χ3v) is 5.09.